The Labute approximate surface area is 162 Å². The van der Waals surface area contributed by atoms with Crippen LogP contribution in [0.25, 0.3) is 28.2 Å². The molecule has 3 aromatic carbocycles. The molecule has 1 heterocycles. The van der Waals surface area contributed by atoms with Gasteiger partial charge in [0, 0.05) is 17.3 Å². The Morgan fingerprint density at radius 2 is 1.64 bits per heavy atom. The van der Waals surface area contributed by atoms with Gasteiger partial charge in [-0.25, -0.2) is 0 Å². The van der Waals surface area contributed by atoms with Gasteiger partial charge in [-0.2, -0.15) is 5.26 Å². The molecule has 1 amide bonds. The first-order valence-corrected chi connectivity index (χ1v) is 8.80. The molecular weight excluding hydrogens is 348 g/mol. The summed E-state index contributed by atoms with van der Waals surface area (Å²) in [5.41, 5.74) is 1.54. The van der Waals surface area contributed by atoms with E-state index < -0.39 is 5.91 Å². The minimum Gasteiger partial charge on any atom is -0.457 e. The molecule has 1 aromatic heterocycles. The number of benzene rings is 3. The number of anilines is 1. The molecule has 4 nitrogen and oxygen atoms in total. The maximum atomic E-state index is 12.5. The van der Waals surface area contributed by atoms with Gasteiger partial charge in [0.1, 0.15) is 23.2 Å². The van der Waals surface area contributed by atoms with Crippen molar-refractivity contribution in [2.24, 2.45) is 0 Å². The number of hydrogen-bond donors (Lipinski definition) is 1. The Balaban J connectivity index is 1.55. The normalized spacial score (nSPS) is 11.2. The van der Waals surface area contributed by atoms with Crippen LogP contribution in [0.1, 0.15) is 5.76 Å². The first-order valence-electron chi connectivity index (χ1n) is 8.80. The largest absolute Gasteiger partial charge is 0.457 e. The van der Waals surface area contributed by atoms with E-state index in [0.717, 1.165) is 16.3 Å². The average molecular weight is 364 g/mol. The molecule has 0 aliphatic rings. The van der Waals surface area contributed by atoms with Crippen LogP contribution < -0.4 is 5.32 Å². The molecule has 0 atom stereocenters. The summed E-state index contributed by atoms with van der Waals surface area (Å²) in [4.78, 5) is 12.5. The Morgan fingerprint density at radius 1 is 0.893 bits per heavy atom. The van der Waals surface area contributed by atoms with Crippen molar-refractivity contribution in [1.29, 1.82) is 5.26 Å². The van der Waals surface area contributed by atoms with Crippen LogP contribution in [-0.2, 0) is 4.79 Å². The number of furan rings is 1. The predicted molar refractivity (Wildman–Crippen MR) is 110 cm³/mol. The van der Waals surface area contributed by atoms with Crippen LogP contribution in [0.3, 0.4) is 0 Å². The fourth-order valence-electron chi connectivity index (χ4n) is 2.94. The van der Waals surface area contributed by atoms with Crippen LogP contribution in [0.5, 0.6) is 0 Å². The van der Waals surface area contributed by atoms with Crippen LogP contribution in [0.4, 0.5) is 5.69 Å². The number of fused-ring (bicyclic) bond motifs is 1. The maximum absolute atomic E-state index is 12.5. The number of nitriles is 1. The van der Waals surface area contributed by atoms with Gasteiger partial charge >= 0.3 is 0 Å². The molecule has 0 bridgehead atoms. The Morgan fingerprint density at radius 3 is 2.43 bits per heavy atom. The van der Waals surface area contributed by atoms with Crippen LogP contribution in [-0.4, -0.2) is 5.91 Å². The summed E-state index contributed by atoms with van der Waals surface area (Å²) in [6, 6.07) is 28.6. The lowest BCUT2D eigenvalue weighted by Gasteiger charge is -2.05. The summed E-state index contributed by atoms with van der Waals surface area (Å²) >= 11 is 0. The van der Waals surface area contributed by atoms with Gasteiger partial charge < -0.3 is 9.73 Å². The third-order valence-corrected chi connectivity index (χ3v) is 4.34. The predicted octanol–water partition coefficient (Wildman–Crippen LogP) is 5.65. The fourth-order valence-corrected chi connectivity index (χ4v) is 2.94. The lowest BCUT2D eigenvalue weighted by atomic mass is 10.1. The van der Waals surface area contributed by atoms with Crippen molar-refractivity contribution < 1.29 is 9.21 Å². The summed E-state index contributed by atoms with van der Waals surface area (Å²) in [6.07, 6.45) is 1.45. The van der Waals surface area contributed by atoms with Crippen LogP contribution in [0, 0.1) is 11.3 Å². The van der Waals surface area contributed by atoms with E-state index in [4.69, 9.17) is 4.42 Å². The number of amides is 1. The van der Waals surface area contributed by atoms with Crippen molar-refractivity contribution in [2.75, 3.05) is 5.32 Å². The highest BCUT2D eigenvalue weighted by molar-refractivity contribution is 6.10. The summed E-state index contributed by atoms with van der Waals surface area (Å²) < 4.78 is 5.75. The summed E-state index contributed by atoms with van der Waals surface area (Å²) in [7, 11) is 0. The Bertz CT molecular complexity index is 1210. The van der Waals surface area contributed by atoms with Crippen molar-refractivity contribution in [3.05, 3.63) is 96.3 Å². The van der Waals surface area contributed by atoms with E-state index in [-0.39, 0.29) is 5.57 Å². The van der Waals surface area contributed by atoms with Crippen LogP contribution >= 0.6 is 0 Å². The third kappa shape index (κ3) is 3.69. The average Bonchev–Trinajstić information content (AvgIpc) is 3.21. The van der Waals surface area contributed by atoms with E-state index in [1.807, 2.05) is 84.9 Å². The highest BCUT2D eigenvalue weighted by Crippen LogP contribution is 2.24. The minimum absolute atomic E-state index is 0.0258. The van der Waals surface area contributed by atoms with Crippen molar-refractivity contribution in [1.82, 2.24) is 0 Å². The molecule has 4 heteroatoms. The van der Waals surface area contributed by atoms with Crippen LogP contribution in [0.15, 0.2) is 94.9 Å². The van der Waals surface area contributed by atoms with Gasteiger partial charge in [-0.1, -0.05) is 60.7 Å². The van der Waals surface area contributed by atoms with Gasteiger partial charge in [-0.15, -0.1) is 0 Å². The van der Waals surface area contributed by atoms with E-state index in [1.54, 1.807) is 6.07 Å². The molecule has 0 unspecified atom stereocenters. The lowest BCUT2D eigenvalue weighted by Crippen LogP contribution is -2.13. The summed E-state index contributed by atoms with van der Waals surface area (Å²) in [5, 5.41) is 14.3. The van der Waals surface area contributed by atoms with Gasteiger partial charge in [-0.3, -0.25) is 4.79 Å². The van der Waals surface area contributed by atoms with Crippen LogP contribution in [0.2, 0.25) is 0 Å². The molecule has 4 rings (SSSR count). The number of carbonyl (C=O) groups is 1. The van der Waals surface area contributed by atoms with E-state index in [1.165, 1.54) is 6.08 Å². The zero-order chi connectivity index (χ0) is 19.3. The highest BCUT2D eigenvalue weighted by Gasteiger charge is 2.12. The van der Waals surface area contributed by atoms with Crippen molar-refractivity contribution in [2.45, 2.75) is 0 Å². The molecule has 4 aromatic rings. The zero-order valence-corrected chi connectivity index (χ0v) is 14.9. The highest BCUT2D eigenvalue weighted by atomic mass is 16.3. The monoisotopic (exact) mass is 364 g/mol. The van der Waals surface area contributed by atoms with Gasteiger partial charge in [0.15, 0.2) is 0 Å². The molecular formula is C24H16N2O2. The minimum atomic E-state index is -0.476. The molecule has 0 aliphatic heterocycles. The van der Waals surface area contributed by atoms with Crippen molar-refractivity contribution in [3.63, 3.8) is 0 Å². The zero-order valence-electron chi connectivity index (χ0n) is 14.9. The lowest BCUT2D eigenvalue weighted by molar-refractivity contribution is -0.112. The Kier molecular flexibility index (Phi) is 4.73. The molecule has 0 saturated carbocycles. The van der Waals surface area contributed by atoms with Gasteiger partial charge in [0.25, 0.3) is 5.91 Å². The third-order valence-electron chi connectivity index (χ3n) is 4.34. The molecule has 1 N–H and O–H groups in total. The second-order valence-corrected chi connectivity index (χ2v) is 6.25. The first-order chi connectivity index (χ1) is 13.7. The van der Waals surface area contributed by atoms with E-state index in [0.29, 0.717) is 17.2 Å². The van der Waals surface area contributed by atoms with E-state index in [2.05, 4.69) is 5.32 Å². The SMILES string of the molecule is N#CC(=Cc1ccc(-c2ccccc2)o1)C(=O)Nc1ccc2ccccc2c1. The molecule has 134 valence electrons. The molecule has 0 radical (unpaired) electrons. The molecule has 0 fully saturated rings. The number of nitrogens with one attached hydrogen (secondary N) is 1. The van der Waals surface area contributed by atoms with E-state index in [9.17, 15) is 10.1 Å². The number of hydrogen-bond acceptors (Lipinski definition) is 3. The summed E-state index contributed by atoms with van der Waals surface area (Å²) in [6.45, 7) is 0. The quantitative estimate of drug-likeness (QED) is 0.376. The van der Waals surface area contributed by atoms with Crippen molar-refractivity contribution >= 4 is 28.4 Å². The number of nitrogens with zero attached hydrogens (tertiary/aromatic N) is 1. The van der Waals surface area contributed by atoms with Gasteiger partial charge in [0.2, 0.25) is 0 Å². The Hall–Kier alpha value is -4.10. The van der Waals surface area contributed by atoms with E-state index >= 15 is 0 Å². The molecule has 28 heavy (non-hydrogen) atoms. The van der Waals surface area contributed by atoms with Crippen molar-refractivity contribution in [3.8, 4) is 17.4 Å². The maximum Gasteiger partial charge on any atom is 0.266 e. The first kappa shape index (κ1) is 17.3. The van der Waals surface area contributed by atoms with Gasteiger partial charge in [0.05, 0.1) is 0 Å². The smallest absolute Gasteiger partial charge is 0.266 e. The second-order valence-electron chi connectivity index (χ2n) is 6.25. The topological polar surface area (TPSA) is 66.0 Å². The number of rotatable bonds is 4. The molecule has 0 aliphatic carbocycles. The number of carbonyl (C=O) groups excluding carboxylic acids is 1. The van der Waals surface area contributed by atoms with Gasteiger partial charge in [-0.05, 0) is 35.0 Å². The molecule has 0 saturated heterocycles. The molecule has 0 spiro atoms. The standard InChI is InChI=1S/C24H16N2O2/c25-16-20(15-22-12-13-23(28-22)18-7-2-1-3-8-18)24(27)26-21-11-10-17-6-4-5-9-19(17)14-21/h1-15H,(H,26,27). The second kappa shape index (κ2) is 7.65. The fraction of sp³-hybridized carbons (Fsp3) is 0. The summed E-state index contributed by atoms with van der Waals surface area (Å²) in [5.74, 6) is 0.651.